The number of nitro groups is 1. The van der Waals surface area contributed by atoms with Gasteiger partial charge in [0.25, 0.3) is 11.6 Å². The van der Waals surface area contributed by atoms with Crippen molar-refractivity contribution in [3.05, 3.63) is 69.9 Å². The average molecular weight is 393 g/mol. The van der Waals surface area contributed by atoms with Crippen molar-refractivity contribution in [1.82, 2.24) is 10.6 Å². The molecule has 2 aromatic rings. The number of urea groups is 1. The number of carbonyl (C=O) groups is 2. The maximum atomic E-state index is 11.8. The molecule has 0 aromatic heterocycles. The van der Waals surface area contributed by atoms with E-state index in [-0.39, 0.29) is 16.9 Å². The van der Waals surface area contributed by atoms with Crippen LogP contribution in [0.5, 0.6) is 0 Å². The van der Waals surface area contributed by atoms with E-state index in [0.29, 0.717) is 0 Å². The molecule has 2 aliphatic rings. The van der Waals surface area contributed by atoms with Crippen LogP contribution in [0.25, 0.3) is 6.08 Å². The molecule has 2 fully saturated rings. The summed E-state index contributed by atoms with van der Waals surface area (Å²) in [5, 5.41) is 15.8. The van der Waals surface area contributed by atoms with Crippen molar-refractivity contribution in [2.45, 2.75) is 0 Å². The van der Waals surface area contributed by atoms with Crippen LogP contribution in [0.4, 0.5) is 21.9 Å². The Bertz CT molecular complexity index is 997. The maximum absolute atomic E-state index is 11.8. The number of piperazine rings is 1. The molecule has 0 unspecified atom stereocenters. The highest BCUT2D eigenvalue weighted by Crippen LogP contribution is 2.28. The zero-order valence-electron chi connectivity index (χ0n) is 15.5. The summed E-state index contributed by atoms with van der Waals surface area (Å²) in [5.74, 6) is -0.605. The molecule has 2 aliphatic heterocycles. The van der Waals surface area contributed by atoms with Crippen LogP contribution in [0.2, 0.25) is 0 Å². The number of amides is 3. The van der Waals surface area contributed by atoms with Crippen molar-refractivity contribution < 1.29 is 14.5 Å². The van der Waals surface area contributed by atoms with Crippen molar-refractivity contribution in [2.75, 3.05) is 36.0 Å². The number of anilines is 2. The molecule has 0 aliphatic carbocycles. The standard InChI is InChI=1S/C20H19N5O4/c26-19-17(21-20(27)22-19)13-14-12-16(6-7-18(14)25(28)29)24-10-8-23(9-11-24)15-4-2-1-3-5-15/h1-7,12-13H,8-11H2,(H2,21,22,26,27)/b17-13+. The second-order valence-corrected chi connectivity index (χ2v) is 6.78. The largest absolute Gasteiger partial charge is 0.368 e. The number of nitro benzene ring substituents is 1. The molecule has 3 amide bonds. The molecule has 0 spiro atoms. The van der Waals surface area contributed by atoms with Crippen molar-refractivity contribution in [2.24, 2.45) is 0 Å². The minimum absolute atomic E-state index is 0.0100. The Morgan fingerprint density at radius 3 is 2.14 bits per heavy atom. The first-order valence-electron chi connectivity index (χ1n) is 9.19. The van der Waals surface area contributed by atoms with Gasteiger partial charge in [-0.1, -0.05) is 18.2 Å². The SMILES string of the molecule is O=C1NC(=O)/C(=C\c2cc(N3CCN(c4ccccc4)CC3)ccc2[N+](=O)[O-])N1. The summed E-state index contributed by atoms with van der Waals surface area (Å²) in [7, 11) is 0. The van der Waals surface area contributed by atoms with Crippen molar-refractivity contribution in [1.29, 1.82) is 0 Å². The Balaban J connectivity index is 1.56. The molecule has 2 heterocycles. The quantitative estimate of drug-likeness (QED) is 0.356. The first-order chi connectivity index (χ1) is 14.0. The van der Waals surface area contributed by atoms with Gasteiger partial charge in [-0.25, -0.2) is 4.79 Å². The van der Waals surface area contributed by atoms with Crippen LogP contribution in [0.15, 0.2) is 54.2 Å². The van der Waals surface area contributed by atoms with Crippen molar-refractivity contribution >= 4 is 35.1 Å². The van der Waals surface area contributed by atoms with Gasteiger partial charge in [0.1, 0.15) is 5.70 Å². The highest BCUT2D eigenvalue weighted by atomic mass is 16.6. The van der Waals surface area contributed by atoms with Crippen LogP contribution in [0.3, 0.4) is 0 Å². The number of nitrogens with one attached hydrogen (secondary N) is 2. The molecule has 0 saturated carbocycles. The lowest BCUT2D eigenvalue weighted by Crippen LogP contribution is -2.46. The molecule has 2 N–H and O–H groups in total. The second-order valence-electron chi connectivity index (χ2n) is 6.78. The summed E-state index contributed by atoms with van der Waals surface area (Å²) in [6.07, 6.45) is 1.34. The molecule has 0 atom stereocenters. The number of hydrogen-bond donors (Lipinski definition) is 2. The molecule has 0 radical (unpaired) electrons. The van der Waals surface area contributed by atoms with E-state index in [4.69, 9.17) is 0 Å². The van der Waals surface area contributed by atoms with Gasteiger partial charge >= 0.3 is 6.03 Å². The van der Waals surface area contributed by atoms with Gasteiger partial charge in [-0.15, -0.1) is 0 Å². The molecule has 9 heteroatoms. The highest BCUT2D eigenvalue weighted by molar-refractivity contribution is 6.14. The van der Waals surface area contributed by atoms with Crippen LogP contribution in [-0.2, 0) is 4.79 Å². The molecule has 9 nitrogen and oxygen atoms in total. The van der Waals surface area contributed by atoms with E-state index >= 15 is 0 Å². The van der Waals surface area contributed by atoms with Gasteiger partial charge in [-0.05, 0) is 30.3 Å². The van der Waals surface area contributed by atoms with Crippen LogP contribution >= 0.6 is 0 Å². The second kappa shape index (κ2) is 7.63. The van der Waals surface area contributed by atoms with Crippen LogP contribution < -0.4 is 20.4 Å². The number of para-hydroxylation sites is 1. The summed E-state index contributed by atoms with van der Waals surface area (Å²) in [6.45, 7) is 3.19. The summed E-state index contributed by atoms with van der Waals surface area (Å²) in [5.41, 5.74) is 2.14. The molecular weight excluding hydrogens is 374 g/mol. The lowest BCUT2D eigenvalue weighted by atomic mass is 10.1. The summed E-state index contributed by atoms with van der Waals surface area (Å²) < 4.78 is 0. The summed E-state index contributed by atoms with van der Waals surface area (Å²) in [4.78, 5) is 38.4. The third-order valence-electron chi connectivity index (χ3n) is 4.99. The van der Waals surface area contributed by atoms with E-state index in [1.54, 1.807) is 12.1 Å². The predicted octanol–water partition coefficient (Wildman–Crippen LogP) is 2.10. The lowest BCUT2D eigenvalue weighted by Gasteiger charge is -2.37. The zero-order valence-corrected chi connectivity index (χ0v) is 15.5. The first kappa shape index (κ1) is 18.5. The third-order valence-corrected chi connectivity index (χ3v) is 4.99. The van der Waals surface area contributed by atoms with E-state index in [9.17, 15) is 19.7 Å². The number of nitrogens with zero attached hydrogens (tertiary/aromatic N) is 3. The predicted molar refractivity (Wildman–Crippen MR) is 109 cm³/mol. The lowest BCUT2D eigenvalue weighted by molar-refractivity contribution is -0.385. The molecule has 2 aromatic carbocycles. The van der Waals surface area contributed by atoms with Crippen LogP contribution in [0, 0.1) is 10.1 Å². The van der Waals surface area contributed by atoms with E-state index in [1.165, 1.54) is 17.8 Å². The topological polar surface area (TPSA) is 108 Å². The highest BCUT2D eigenvalue weighted by Gasteiger charge is 2.25. The van der Waals surface area contributed by atoms with E-state index in [1.807, 2.05) is 18.2 Å². The number of rotatable bonds is 4. The molecule has 148 valence electrons. The summed E-state index contributed by atoms with van der Waals surface area (Å²) >= 11 is 0. The summed E-state index contributed by atoms with van der Waals surface area (Å²) in [6, 6.07) is 14.3. The monoisotopic (exact) mass is 393 g/mol. The van der Waals surface area contributed by atoms with Gasteiger partial charge < -0.3 is 15.1 Å². The van der Waals surface area contributed by atoms with Gasteiger partial charge in [-0.2, -0.15) is 0 Å². The molecule has 2 saturated heterocycles. The Morgan fingerprint density at radius 1 is 0.897 bits per heavy atom. The fraction of sp³-hybridized carbons (Fsp3) is 0.200. The van der Waals surface area contributed by atoms with Gasteiger partial charge in [0.15, 0.2) is 0 Å². The van der Waals surface area contributed by atoms with Crippen molar-refractivity contribution in [3.8, 4) is 0 Å². The maximum Gasteiger partial charge on any atom is 0.326 e. The van der Waals surface area contributed by atoms with Crippen molar-refractivity contribution in [3.63, 3.8) is 0 Å². The fourth-order valence-electron chi connectivity index (χ4n) is 3.52. The molecule has 0 bridgehead atoms. The van der Waals surface area contributed by atoms with E-state index in [2.05, 4.69) is 32.6 Å². The smallest absolute Gasteiger partial charge is 0.326 e. The Kier molecular flexibility index (Phi) is 4.86. The minimum atomic E-state index is -0.642. The first-order valence-corrected chi connectivity index (χ1v) is 9.19. The fourth-order valence-corrected chi connectivity index (χ4v) is 3.52. The van der Waals surface area contributed by atoms with Crippen LogP contribution in [-0.4, -0.2) is 43.0 Å². The molecule has 29 heavy (non-hydrogen) atoms. The number of imide groups is 1. The number of hydrogen-bond acceptors (Lipinski definition) is 6. The minimum Gasteiger partial charge on any atom is -0.368 e. The van der Waals surface area contributed by atoms with Gasteiger partial charge in [0.05, 0.1) is 10.5 Å². The Hall–Kier alpha value is -3.88. The van der Waals surface area contributed by atoms with Gasteiger partial charge in [0, 0.05) is 43.6 Å². The molecular formula is C20H19N5O4. The Morgan fingerprint density at radius 2 is 1.55 bits per heavy atom. The van der Waals surface area contributed by atoms with Crippen LogP contribution in [0.1, 0.15) is 5.56 Å². The third kappa shape index (κ3) is 3.88. The normalized spacial score (nSPS) is 18.0. The number of carbonyl (C=O) groups excluding carboxylic acids is 2. The molecule has 4 rings (SSSR count). The average Bonchev–Trinajstić information content (AvgIpc) is 3.05. The van der Waals surface area contributed by atoms with Gasteiger partial charge in [0.2, 0.25) is 0 Å². The number of benzene rings is 2. The van der Waals surface area contributed by atoms with Gasteiger partial charge in [-0.3, -0.25) is 20.2 Å². The van der Waals surface area contributed by atoms with E-state index < -0.39 is 16.9 Å². The van der Waals surface area contributed by atoms with E-state index in [0.717, 1.165) is 31.9 Å². The zero-order chi connectivity index (χ0) is 20.4. The Labute approximate surface area is 166 Å².